The standard InChI is InChI=1S/C12H10N4S/c1-7-6-8-10(13)15-11(16-12(8)17-7)9-4-2-3-5-14-9/h2-6H,1H3,(H2,13,15,16). The second-order valence-corrected chi connectivity index (χ2v) is 4.96. The van der Waals surface area contributed by atoms with Gasteiger partial charge in [-0.15, -0.1) is 11.3 Å². The van der Waals surface area contributed by atoms with Gasteiger partial charge in [0, 0.05) is 11.1 Å². The first-order valence-corrected chi connectivity index (χ1v) is 6.01. The van der Waals surface area contributed by atoms with Crippen molar-refractivity contribution in [3.8, 4) is 11.5 Å². The van der Waals surface area contributed by atoms with Gasteiger partial charge in [0.2, 0.25) is 0 Å². The van der Waals surface area contributed by atoms with E-state index in [9.17, 15) is 0 Å². The van der Waals surface area contributed by atoms with E-state index in [0.29, 0.717) is 11.6 Å². The molecule has 0 unspecified atom stereocenters. The summed E-state index contributed by atoms with van der Waals surface area (Å²) in [6.45, 7) is 2.03. The van der Waals surface area contributed by atoms with Crippen LogP contribution in [0.15, 0.2) is 30.5 Å². The van der Waals surface area contributed by atoms with Crippen LogP contribution in [0, 0.1) is 6.92 Å². The van der Waals surface area contributed by atoms with E-state index in [1.165, 1.54) is 4.88 Å². The number of nitrogens with two attached hydrogens (primary N) is 1. The topological polar surface area (TPSA) is 64.7 Å². The second kappa shape index (κ2) is 3.78. The van der Waals surface area contributed by atoms with Crippen molar-refractivity contribution in [2.24, 2.45) is 0 Å². The summed E-state index contributed by atoms with van der Waals surface area (Å²) in [5.41, 5.74) is 6.68. The third kappa shape index (κ3) is 1.74. The lowest BCUT2D eigenvalue weighted by Crippen LogP contribution is -1.96. The molecular weight excluding hydrogens is 232 g/mol. The van der Waals surface area contributed by atoms with Crippen LogP contribution in [0.3, 0.4) is 0 Å². The lowest BCUT2D eigenvalue weighted by molar-refractivity contribution is 1.19. The molecule has 0 saturated heterocycles. The summed E-state index contributed by atoms with van der Waals surface area (Å²) >= 11 is 1.62. The number of pyridine rings is 1. The molecule has 3 heterocycles. The van der Waals surface area contributed by atoms with E-state index >= 15 is 0 Å². The number of anilines is 1. The molecule has 0 aliphatic rings. The van der Waals surface area contributed by atoms with Gasteiger partial charge >= 0.3 is 0 Å². The van der Waals surface area contributed by atoms with Crippen LogP contribution in [0.1, 0.15) is 4.88 Å². The maximum absolute atomic E-state index is 5.94. The largest absolute Gasteiger partial charge is 0.383 e. The molecule has 0 spiro atoms. The summed E-state index contributed by atoms with van der Waals surface area (Å²) in [5.74, 6) is 1.09. The van der Waals surface area contributed by atoms with Gasteiger partial charge < -0.3 is 5.73 Å². The minimum Gasteiger partial charge on any atom is -0.383 e. The summed E-state index contributed by atoms with van der Waals surface area (Å²) in [5, 5.41) is 0.923. The molecule has 0 aliphatic carbocycles. The number of rotatable bonds is 1. The van der Waals surface area contributed by atoms with Crippen LogP contribution in [-0.4, -0.2) is 15.0 Å². The van der Waals surface area contributed by atoms with Crippen molar-refractivity contribution in [3.05, 3.63) is 35.3 Å². The smallest absolute Gasteiger partial charge is 0.181 e. The van der Waals surface area contributed by atoms with Crippen molar-refractivity contribution in [2.75, 3.05) is 5.73 Å². The quantitative estimate of drug-likeness (QED) is 0.712. The maximum Gasteiger partial charge on any atom is 0.181 e. The summed E-state index contributed by atoms with van der Waals surface area (Å²) < 4.78 is 0. The van der Waals surface area contributed by atoms with Crippen LogP contribution in [0.2, 0.25) is 0 Å². The Kier molecular flexibility index (Phi) is 2.26. The number of nitrogens with zero attached hydrogens (tertiary/aromatic N) is 3. The Hall–Kier alpha value is -2.01. The Balaban J connectivity index is 2.25. The molecule has 0 amide bonds. The second-order valence-electron chi connectivity index (χ2n) is 3.72. The Morgan fingerprint density at radius 2 is 2.12 bits per heavy atom. The Morgan fingerprint density at radius 3 is 2.88 bits per heavy atom. The number of thiophene rings is 1. The number of fused-ring (bicyclic) bond motifs is 1. The molecule has 2 N–H and O–H groups in total. The molecule has 0 atom stereocenters. The van der Waals surface area contributed by atoms with E-state index in [1.807, 2.05) is 31.2 Å². The molecule has 3 rings (SSSR count). The van der Waals surface area contributed by atoms with E-state index in [1.54, 1.807) is 17.5 Å². The summed E-state index contributed by atoms with van der Waals surface area (Å²) in [7, 11) is 0. The maximum atomic E-state index is 5.94. The minimum absolute atomic E-state index is 0.514. The summed E-state index contributed by atoms with van der Waals surface area (Å²) in [6.07, 6.45) is 1.72. The third-order valence-electron chi connectivity index (χ3n) is 2.44. The zero-order valence-corrected chi connectivity index (χ0v) is 10.0. The Bertz CT molecular complexity index is 676. The molecule has 84 valence electrons. The molecule has 0 fully saturated rings. The molecular formula is C12H10N4S. The summed E-state index contributed by atoms with van der Waals surface area (Å²) in [6, 6.07) is 7.66. The Labute approximate surface area is 102 Å². The van der Waals surface area contributed by atoms with Crippen LogP contribution in [0.25, 0.3) is 21.7 Å². The van der Waals surface area contributed by atoms with Gasteiger partial charge in [0.05, 0.1) is 5.39 Å². The van der Waals surface area contributed by atoms with Gasteiger partial charge in [-0.3, -0.25) is 4.98 Å². The van der Waals surface area contributed by atoms with Gasteiger partial charge in [-0.2, -0.15) is 0 Å². The fourth-order valence-electron chi connectivity index (χ4n) is 1.67. The summed E-state index contributed by atoms with van der Waals surface area (Å²) in [4.78, 5) is 15.1. The molecule has 0 aliphatic heterocycles. The monoisotopic (exact) mass is 242 g/mol. The fourth-order valence-corrected chi connectivity index (χ4v) is 2.56. The predicted octanol–water partition coefficient (Wildman–Crippen LogP) is 2.64. The normalized spacial score (nSPS) is 10.9. The van der Waals surface area contributed by atoms with Crippen molar-refractivity contribution in [1.29, 1.82) is 0 Å². The SMILES string of the molecule is Cc1cc2c(N)nc(-c3ccccn3)nc2s1. The lowest BCUT2D eigenvalue weighted by atomic mass is 10.3. The van der Waals surface area contributed by atoms with E-state index in [4.69, 9.17) is 5.73 Å². The number of aromatic nitrogens is 3. The van der Waals surface area contributed by atoms with E-state index in [2.05, 4.69) is 15.0 Å². The van der Waals surface area contributed by atoms with Crippen molar-refractivity contribution in [1.82, 2.24) is 15.0 Å². The minimum atomic E-state index is 0.514. The average Bonchev–Trinajstić information content (AvgIpc) is 2.71. The third-order valence-corrected chi connectivity index (χ3v) is 3.38. The highest BCUT2D eigenvalue weighted by Crippen LogP contribution is 2.28. The highest BCUT2D eigenvalue weighted by atomic mass is 32.1. The van der Waals surface area contributed by atoms with Gasteiger partial charge in [0.1, 0.15) is 16.3 Å². The van der Waals surface area contributed by atoms with Crippen molar-refractivity contribution in [2.45, 2.75) is 6.92 Å². The predicted molar refractivity (Wildman–Crippen MR) is 69.8 cm³/mol. The number of nitrogen functional groups attached to an aromatic ring is 1. The van der Waals surface area contributed by atoms with Crippen molar-refractivity contribution < 1.29 is 0 Å². The van der Waals surface area contributed by atoms with Gasteiger partial charge in [0.15, 0.2) is 5.82 Å². The van der Waals surface area contributed by atoms with Gasteiger partial charge in [-0.1, -0.05) is 6.07 Å². The number of aryl methyl sites for hydroxylation is 1. The van der Waals surface area contributed by atoms with Crippen LogP contribution in [0.4, 0.5) is 5.82 Å². The molecule has 5 heteroatoms. The molecule has 3 aromatic rings. The van der Waals surface area contributed by atoms with E-state index in [-0.39, 0.29) is 0 Å². The lowest BCUT2D eigenvalue weighted by Gasteiger charge is -2.01. The van der Waals surface area contributed by atoms with Crippen molar-refractivity contribution in [3.63, 3.8) is 0 Å². The van der Waals surface area contributed by atoms with Gasteiger partial charge in [-0.25, -0.2) is 9.97 Å². The molecule has 4 nitrogen and oxygen atoms in total. The molecule has 3 aromatic heterocycles. The number of hydrogen-bond donors (Lipinski definition) is 1. The van der Waals surface area contributed by atoms with E-state index < -0.39 is 0 Å². The van der Waals surface area contributed by atoms with Crippen LogP contribution in [0.5, 0.6) is 0 Å². The van der Waals surface area contributed by atoms with Crippen LogP contribution < -0.4 is 5.73 Å². The highest BCUT2D eigenvalue weighted by Gasteiger charge is 2.09. The first-order chi connectivity index (χ1) is 8.24. The first-order valence-electron chi connectivity index (χ1n) is 5.19. The zero-order chi connectivity index (χ0) is 11.8. The molecule has 0 radical (unpaired) electrons. The van der Waals surface area contributed by atoms with Crippen LogP contribution >= 0.6 is 11.3 Å². The number of hydrogen-bond acceptors (Lipinski definition) is 5. The highest BCUT2D eigenvalue weighted by molar-refractivity contribution is 7.18. The van der Waals surface area contributed by atoms with Gasteiger partial charge in [-0.05, 0) is 25.1 Å². The molecule has 0 saturated carbocycles. The average molecular weight is 242 g/mol. The fraction of sp³-hybridized carbons (Fsp3) is 0.0833. The molecule has 17 heavy (non-hydrogen) atoms. The Morgan fingerprint density at radius 1 is 1.24 bits per heavy atom. The van der Waals surface area contributed by atoms with Crippen molar-refractivity contribution >= 4 is 27.4 Å². The zero-order valence-electron chi connectivity index (χ0n) is 9.21. The molecule has 0 aromatic carbocycles. The first kappa shape index (κ1) is 10.2. The van der Waals surface area contributed by atoms with Gasteiger partial charge in [0.25, 0.3) is 0 Å². The van der Waals surface area contributed by atoms with E-state index in [0.717, 1.165) is 15.9 Å². The molecule has 0 bridgehead atoms. The van der Waals surface area contributed by atoms with Crippen LogP contribution in [-0.2, 0) is 0 Å².